The Hall–Kier alpha value is -3.62. The minimum atomic E-state index is -0.0703. The lowest BCUT2D eigenvalue weighted by molar-refractivity contribution is 0.211. The summed E-state index contributed by atoms with van der Waals surface area (Å²) < 4.78 is 6.96. The maximum absolute atomic E-state index is 11.3. The van der Waals surface area contributed by atoms with Crippen LogP contribution < -0.4 is 4.90 Å². The van der Waals surface area contributed by atoms with E-state index in [1.165, 1.54) is 27.1 Å². The van der Waals surface area contributed by atoms with Crippen molar-refractivity contribution in [3.63, 3.8) is 0 Å². The Labute approximate surface area is 201 Å². The zero-order valence-corrected chi connectivity index (χ0v) is 19.7. The second kappa shape index (κ2) is 8.62. The molecule has 4 heterocycles. The van der Waals surface area contributed by atoms with Crippen LogP contribution in [0.1, 0.15) is 22.0 Å². The van der Waals surface area contributed by atoms with Crippen LogP contribution in [-0.2, 0) is 0 Å². The number of aromatic nitrogens is 3. The summed E-state index contributed by atoms with van der Waals surface area (Å²) in [6, 6.07) is 22.7. The molecule has 34 heavy (non-hydrogen) atoms. The first-order chi connectivity index (χ1) is 16.7. The number of hydrogen-bond acceptors (Lipinski definition) is 7. The number of para-hydroxylation sites is 1. The van der Waals surface area contributed by atoms with Crippen molar-refractivity contribution in [2.24, 2.45) is 0 Å². The lowest BCUT2D eigenvalue weighted by Crippen LogP contribution is -2.47. The number of furan rings is 1. The largest absolute Gasteiger partial charge is 0.492 e. The fraction of sp³-hybridized carbons (Fsp3) is 0.231. The van der Waals surface area contributed by atoms with Gasteiger partial charge < -0.3 is 14.4 Å². The highest BCUT2D eigenvalue weighted by molar-refractivity contribution is 7.17. The number of rotatable bonds is 5. The summed E-state index contributed by atoms with van der Waals surface area (Å²) >= 11 is 1.48. The lowest BCUT2D eigenvalue weighted by atomic mass is 10.0. The molecule has 0 spiro atoms. The fourth-order valence-corrected chi connectivity index (χ4v) is 5.71. The second-order valence-corrected chi connectivity index (χ2v) is 9.58. The van der Waals surface area contributed by atoms with Crippen molar-refractivity contribution in [1.82, 2.24) is 19.5 Å². The molecular formula is C26H25N5O2S. The Morgan fingerprint density at radius 2 is 1.71 bits per heavy atom. The van der Waals surface area contributed by atoms with Gasteiger partial charge in [0.15, 0.2) is 5.76 Å². The summed E-state index contributed by atoms with van der Waals surface area (Å²) in [4.78, 5) is 11.0. The van der Waals surface area contributed by atoms with Crippen molar-refractivity contribution in [2.45, 2.75) is 13.0 Å². The van der Waals surface area contributed by atoms with Gasteiger partial charge in [-0.2, -0.15) is 9.50 Å². The van der Waals surface area contributed by atoms with Crippen molar-refractivity contribution < 1.29 is 9.52 Å². The number of thiazole rings is 1. The van der Waals surface area contributed by atoms with Crippen LogP contribution >= 0.6 is 11.3 Å². The Morgan fingerprint density at radius 3 is 2.38 bits per heavy atom. The first-order valence-electron chi connectivity index (χ1n) is 11.4. The molecule has 6 rings (SSSR count). The topological polar surface area (TPSA) is 70.0 Å². The van der Waals surface area contributed by atoms with Gasteiger partial charge in [0.25, 0.3) is 0 Å². The predicted molar refractivity (Wildman–Crippen MR) is 133 cm³/mol. The van der Waals surface area contributed by atoms with Gasteiger partial charge in [-0.15, -0.1) is 5.10 Å². The lowest BCUT2D eigenvalue weighted by Gasteiger charge is -2.40. The molecule has 7 nitrogen and oxygen atoms in total. The molecule has 2 aromatic carbocycles. The number of hydrogen-bond donors (Lipinski definition) is 1. The SMILES string of the molecule is Cc1ccc([C@H](c2sc3nc(-c4ccco4)nn3c2O)N2CCN(c3ccccc3)CC2)cc1. The maximum Gasteiger partial charge on any atom is 0.230 e. The van der Waals surface area contributed by atoms with Crippen LogP contribution in [0.15, 0.2) is 77.4 Å². The second-order valence-electron chi connectivity index (χ2n) is 8.57. The monoisotopic (exact) mass is 471 g/mol. The van der Waals surface area contributed by atoms with E-state index in [1.54, 1.807) is 12.3 Å². The van der Waals surface area contributed by atoms with E-state index in [9.17, 15) is 5.11 Å². The molecule has 0 amide bonds. The minimum Gasteiger partial charge on any atom is -0.492 e. The van der Waals surface area contributed by atoms with Gasteiger partial charge in [-0.05, 0) is 36.8 Å². The number of aryl methyl sites for hydroxylation is 1. The average molecular weight is 472 g/mol. The molecule has 1 N–H and O–H groups in total. The van der Waals surface area contributed by atoms with Crippen molar-refractivity contribution in [3.05, 3.63) is 89.0 Å². The van der Waals surface area contributed by atoms with Crippen LogP contribution in [0.5, 0.6) is 5.88 Å². The molecule has 172 valence electrons. The van der Waals surface area contributed by atoms with E-state index in [2.05, 4.69) is 81.4 Å². The molecule has 5 aromatic rings. The van der Waals surface area contributed by atoms with Gasteiger partial charge in [-0.3, -0.25) is 4.90 Å². The summed E-state index contributed by atoms with van der Waals surface area (Å²) in [5.74, 6) is 1.20. The molecule has 0 bridgehead atoms. The summed E-state index contributed by atoms with van der Waals surface area (Å²) in [7, 11) is 0. The zero-order chi connectivity index (χ0) is 23.1. The highest BCUT2D eigenvalue weighted by Crippen LogP contribution is 2.41. The number of piperazine rings is 1. The zero-order valence-electron chi connectivity index (χ0n) is 18.8. The molecule has 1 aliphatic rings. The van der Waals surface area contributed by atoms with Gasteiger partial charge in [0.05, 0.1) is 17.2 Å². The van der Waals surface area contributed by atoms with Crippen molar-refractivity contribution in [3.8, 4) is 17.5 Å². The van der Waals surface area contributed by atoms with E-state index in [0.29, 0.717) is 16.5 Å². The van der Waals surface area contributed by atoms with Crippen molar-refractivity contribution >= 4 is 22.0 Å². The molecule has 0 radical (unpaired) electrons. The van der Waals surface area contributed by atoms with Crippen molar-refractivity contribution in [2.75, 3.05) is 31.1 Å². The third-order valence-corrected chi connectivity index (χ3v) is 7.46. The molecule has 0 saturated carbocycles. The average Bonchev–Trinajstić information content (AvgIpc) is 3.61. The molecule has 1 atom stereocenters. The number of anilines is 1. The highest BCUT2D eigenvalue weighted by Gasteiger charge is 2.32. The van der Waals surface area contributed by atoms with Crippen LogP contribution in [-0.4, -0.2) is 50.8 Å². The molecule has 0 unspecified atom stereocenters. The normalized spacial score (nSPS) is 15.7. The van der Waals surface area contributed by atoms with Gasteiger partial charge in [-0.1, -0.05) is 59.4 Å². The smallest absolute Gasteiger partial charge is 0.230 e. The van der Waals surface area contributed by atoms with Crippen LogP contribution in [0.25, 0.3) is 16.5 Å². The van der Waals surface area contributed by atoms with E-state index in [1.807, 2.05) is 6.07 Å². The van der Waals surface area contributed by atoms with Gasteiger partial charge >= 0.3 is 0 Å². The van der Waals surface area contributed by atoms with E-state index in [4.69, 9.17) is 4.42 Å². The van der Waals surface area contributed by atoms with E-state index in [-0.39, 0.29) is 11.9 Å². The Bertz CT molecular complexity index is 1380. The summed E-state index contributed by atoms with van der Waals surface area (Å²) in [6.07, 6.45) is 1.60. The quantitative estimate of drug-likeness (QED) is 0.390. The summed E-state index contributed by atoms with van der Waals surface area (Å²) in [6.45, 7) is 5.72. The fourth-order valence-electron chi connectivity index (χ4n) is 4.59. The Morgan fingerprint density at radius 1 is 0.941 bits per heavy atom. The first kappa shape index (κ1) is 20.9. The van der Waals surface area contributed by atoms with Gasteiger partial charge in [0, 0.05) is 31.9 Å². The molecule has 8 heteroatoms. The molecule has 3 aromatic heterocycles. The minimum absolute atomic E-state index is 0.0703. The third kappa shape index (κ3) is 3.74. The molecule has 1 fully saturated rings. The van der Waals surface area contributed by atoms with E-state index < -0.39 is 0 Å². The number of benzene rings is 2. The van der Waals surface area contributed by atoms with Crippen LogP contribution in [0.4, 0.5) is 5.69 Å². The number of aromatic hydroxyl groups is 1. The molecule has 1 saturated heterocycles. The van der Waals surface area contributed by atoms with Gasteiger partial charge in [0.2, 0.25) is 16.7 Å². The molecule has 1 aliphatic heterocycles. The third-order valence-electron chi connectivity index (χ3n) is 6.38. The molecule has 0 aliphatic carbocycles. The van der Waals surface area contributed by atoms with E-state index >= 15 is 0 Å². The van der Waals surface area contributed by atoms with Crippen LogP contribution in [0.2, 0.25) is 0 Å². The summed E-state index contributed by atoms with van der Waals surface area (Å²) in [5.41, 5.74) is 3.62. The standard InChI is InChI=1S/C26H25N5O2S/c1-18-9-11-19(12-10-18)22(30-15-13-29(14-16-30)20-6-3-2-4-7-20)23-25(32)31-26(34-23)27-24(28-31)21-8-5-17-33-21/h2-12,17,22,32H,13-16H2,1H3/t22-/m1/s1. The van der Waals surface area contributed by atoms with Crippen LogP contribution in [0.3, 0.4) is 0 Å². The van der Waals surface area contributed by atoms with Gasteiger partial charge in [0.1, 0.15) is 0 Å². The van der Waals surface area contributed by atoms with Crippen molar-refractivity contribution in [1.29, 1.82) is 0 Å². The number of fused-ring (bicyclic) bond motifs is 1. The van der Waals surface area contributed by atoms with Gasteiger partial charge in [-0.25, -0.2) is 0 Å². The Balaban J connectivity index is 1.34. The maximum atomic E-state index is 11.3. The number of nitrogens with zero attached hydrogens (tertiary/aromatic N) is 5. The molecular weight excluding hydrogens is 446 g/mol. The summed E-state index contributed by atoms with van der Waals surface area (Å²) in [5, 5.41) is 15.8. The van der Waals surface area contributed by atoms with Crippen LogP contribution in [0, 0.1) is 6.92 Å². The Kier molecular flexibility index (Phi) is 5.31. The first-order valence-corrected chi connectivity index (χ1v) is 12.2. The van der Waals surface area contributed by atoms with E-state index in [0.717, 1.165) is 36.6 Å². The highest BCUT2D eigenvalue weighted by atomic mass is 32.1. The predicted octanol–water partition coefficient (Wildman–Crippen LogP) is 4.98.